The van der Waals surface area contributed by atoms with E-state index in [0.29, 0.717) is 51.4 Å². The van der Waals surface area contributed by atoms with Gasteiger partial charge in [-0.2, -0.15) is 0 Å². The molecule has 3 aliphatic rings. The average molecular weight is 1970 g/mol. The molecule has 3 heterocycles. The van der Waals surface area contributed by atoms with Crippen molar-refractivity contribution in [2.24, 2.45) is 5.73 Å². The summed E-state index contributed by atoms with van der Waals surface area (Å²) in [6.45, 7) is 11.1. The van der Waals surface area contributed by atoms with Crippen molar-refractivity contribution in [2.75, 3.05) is 26.5 Å². The van der Waals surface area contributed by atoms with Crippen molar-refractivity contribution >= 4 is 51.1 Å². The number of carbonyl (C=O) groups excluding carboxylic acids is 6. The molecule has 0 saturated carbocycles. The molecule has 3 rings (SSSR count). The van der Waals surface area contributed by atoms with Crippen LogP contribution in [0.2, 0.25) is 0 Å². The van der Waals surface area contributed by atoms with Gasteiger partial charge in [-0.1, -0.05) is 388 Å². The zero-order valence-corrected chi connectivity index (χ0v) is 86.5. The third-order valence-corrected chi connectivity index (χ3v) is 27.9. The molecule has 0 aromatic carbocycles. The molecule has 31 nitrogen and oxygen atoms in total. The van der Waals surface area contributed by atoms with Crippen molar-refractivity contribution in [2.45, 2.75) is 588 Å². The van der Waals surface area contributed by atoms with E-state index in [9.17, 15) is 73.8 Å². The molecule has 2 amide bonds. The molecule has 794 valence electrons. The highest BCUT2D eigenvalue weighted by molar-refractivity contribution is 7.51. The number of aliphatic hydroxyl groups excluding tert-OH is 7. The molecule has 3 fully saturated rings. The third kappa shape index (κ3) is 60.7. The lowest BCUT2D eigenvalue weighted by molar-refractivity contribution is -0.297. The molecule has 0 radical (unpaired) electrons. The quantitative estimate of drug-likeness (QED) is 0.0116. The predicted molar refractivity (Wildman–Crippen MR) is 523 cm³/mol. The maximum Gasteiger partial charge on any atom is 0.475 e. The lowest BCUT2D eigenvalue weighted by atomic mass is 9.95. The molecule has 33 heteroatoms. The Kier molecular flexibility index (Phi) is 73.6. The summed E-state index contributed by atoms with van der Waals surface area (Å²) in [5.41, 5.74) is 5.97. The number of unbranched alkanes of at least 4 members (excludes halogenated alkanes) is 51. The Balaban J connectivity index is 2.32. The fraction of sp³-hybridized carbons (Fsp3) is 0.941. The summed E-state index contributed by atoms with van der Waals surface area (Å²) >= 11 is 0. The minimum Gasteiger partial charge on any atom is -0.462 e. The summed E-state index contributed by atoms with van der Waals surface area (Å²) in [6, 6.07) is -5.04. The van der Waals surface area contributed by atoms with Crippen LogP contribution in [0.15, 0.2) is 0 Å². The molecule has 0 bridgehead atoms. The normalized spacial score (nSPS) is 23.5. The second kappa shape index (κ2) is 79.0. The Morgan fingerprint density at radius 1 is 0.378 bits per heavy atom. The number of carbonyl (C=O) groups is 6. The predicted octanol–water partition coefficient (Wildman–Crippen LogP) is 19.5. The fourth-order valence-corrected chi connectivity index (χ4v) is 19.7. The van der Waals surface area contributed by atoms with E-state index in [2.05, 4.69) is 52.2 Å². The molecule has 13 unspecified atom stereocenters. The Hall–Kier alpha value is -3.40. The zero-order valence-electron chi connectivity index (χ0n) is 84.7. The van der Waals surface area contributed by atoms with Crippen LogP contribution in [0, 0.1) is 0 Å². The van der Waals surface area contributed by atoms with E-state index in [-0.39, 0.29) is 38.5 Å². The van der Waals surface area contributed by atoms with Crippen LogP contribution in [0.4, 0.5) is 0 Å². The van der Waals surface area contributed by atoms with E-state index in [1.54, 1.807) is 0 Å². The van der Waals surface area contributed by atoms with Crippen LogP contribution in [0.25, 0.3) is 0 Å². The molecule has 0 aromatic rings. The highest BCUT2D eigenvalue weighted by Gasteiger charge is 2.56. The molecule has 0 spiro atoms. The van der Waals surface area contributed by atoms with E-state index in [4.69, 9.17) is 57.2 Å². The number of esters is 4. The number of phosphoric ester groups is 1. The summed E-state index contributed by atoms with van der Waals surface area (Å²) in [7, 11) is -10.6. The number of rotatable bonds is 88. The van der Waals surface area contributed by atoms with Crippen molar-refractivity contribution in [1.82, 2.24) is 10.6 Å². The number of nitrogens with one attached hydrogen (secondary N) is 2. The van der Waals surface area contributed by atoms with Gasteiger partial charge in [-0.15, -0.1) is 0 Å². The van der Waals surface area contributed by atoms with Gasteiger partial charge in [0.15, 0.2) is 37.2 Å². The Morgan fingerprint density at radius 3 is 1.16 bits per heavy atom. The van der Waals surface area contributed by atoms with Gasteiger partial charge in [0.05, 0.1) is 63.8 Å². The summed E-state index contributed by atoms with van der Waals surface area (Å²) in [5.74, 6) is -5.61. The summed E-state index contributed by atoms with van der Waals surface area (Å²) in [6.07, 6.45) is 25.7. The monoisotopic (exact) mass is 1970 g/mol. The lowest BCUT2D eigenvalue weighted by Crippen LogP contribution is -2.68. The molecular weight excluding hydrogens is 1780 g/mol. The van der Waals surface area contributed by atoms with E-state index >= 15 is 9.59 Å². The fourth-order valence-electron chi connectivity index (χ4n) is 18.1. The average Bonchev–Trinajstić information content (AvgIpc) is 0.747. The van der Waals surface area contributed by atoms with Crippen molar-refractivity contribution in [3.8, 4) is 0 Å². The molecule has 3 aliphatic heterocycles. The van der Waals surface area contributed by atoms with Crippen molar-refractivity contribution in [3.05, 3.63) is 0 Å². The first-order chi connectivity index (χ1) is 65.0. The summed E-state index contributed by atoms with van der Waals surface area (Å²) < 4.78 is 95.1. The minimum atomic E-state index is -5.81. The molecule has 13 N–H and O–H groups in total. The highest BCUT2D eigenvalue weighted by Crippen LogP contribution is 2.50. The first-order valence-corrected chi connectivity index (χ1v) is 57.6. The van der Waals surface area contributed by atoms with Crippen LogP contribution in [-0.2, 0) is 89.4 Å². The third-order valence-electron chi connectivity index (χ3n) is 26.3. The molecule has 0 aliphatic carbocycles. The number of amides is 2. The van der Waals surface area contributed by atoms with E-state index in [0.717, 1.165) is 257 Å². The van der Waals surface area contributed by atoms with Gasteiger partial charge >= 0.3 is 39.3 Å². The number of nitrogens with two attached hydrogens (primary N) is 1. The molecule has 3 saturated heterocycles. The summed E-state index contributed by atoms with van der Waals surface area (Å²) in [4.78, 5) is 111. The van der Waals surface area contributed by atoms with Crippen LogP contribution in [0.3, 0.4) is 0 Å². The second-order valence-corrected chi connectivity index (χ2v) is 42.3. The van der Waals surface area contributed by atoms with Gasteiger partial charge < -0.3 is 99.8 Å². The second-order valence-electron chi connectivity index (χ2n) is 39.1. The van der Waals surface area contributed by atoms with Gasteiger partial charge in [-0.05, 0) is 51.4 Å². The molecule has 135 heavy (non-hydrogen) atoms. The Labute approximate surface area is 812 Å². The maximum absolute atomic E-state index is 15.6. The smallest absolute Gasteiger partial charge is 0.462 e. The van der Waals surface area contributed by atoms with E-state index in [1.165, 1.54) is 64.2 Å². The van der Waals surface area contributed by atoms with Crippen LogP contribution >= 0.6 is 15.4 Å². The van der Waals surface area contributed by atoms with Gasteiger partial charge in [0.25, 0.3) is 0 Å². The Bertz CT molecular complexity index is 3080. The van der Waals surface area contributed by atoms with Crippen molar-refractivity contribution in [1.29, 1.82) is 0 Å². The van der Waals surface area contributed by atoms with E-state index < -0.39 is 213 Å². The number of hydrogen-bond donors (Lipinski definition) is 12. The zero-order chi connectivity index (χ0) is 99.1. The molecule has 21 atom stereocenters. The first-order valence-electron chi connectivity index (χ1n) is 54.1. The SMILES string of the molecule is CCCCCCCCCCCCCC(=O)O[C@@H](CCCCCCCCCCC)CC(=O)OC1C(NC(=O)C[C@H](CCCCCCCCCCC)OC(=O)[C@H](O)CCCCCCCCCCCC)C(OCC2OC(OP(C)(=O)O)C(NC(=O)C[C@@H](O)CCCCCCCCCCC)C(OC(=O)C[C@@H](O)CCCCCCCCCCC)C2O)OC(CO)C1OP(=O)(O)O[C@H]1OC[C@H](N)[C@H](O)C1O. The highest BCUT2D eigenvalue weighted by atomic mass is 31.2. The van der Waals surface area contributed by atoms with Crippen molar-refractivity contribution < 1.29 is 135 Å². The number of phosphoric acid groups is 1. The maximum atomic E-state index is 15.6. The first kappa shape index (κ1) is 126. The molecule has 0 aromatic heterocycles. The van der Waals surface area contributed by atoms with Crippen LogP contribution < -0.4 is 16.4 Å². The van der Waals surface area contributed by atoms with Crippen LogP contribution in [0.1, 0.15) is 472 Å². The minimum absolute atomic E-state index is 0.0398. The Morgan fingerprint density at radius 2 is 0.733 bits per heavy atom. The van der Waals surface area contributed by atoms with Gasteiger partial charge in [0.1, 0.15) is 60.9 Å². The standard InChI is InChI=1S/C102H193N3O28P2/c1-8-14-20-26-32-38-40-46-52-58-64-70-88(112)125-81(68-62-56-50-44-37-31-25-19-13-6)74-90(114)130-98-92(105-87(111)73-80(67-61-55-49-43-36-30-24-18-12-5)126-99(118)83(109)69-63-57-51-45-39-33-27-21-15-9-2)100(127-84(75-106)96(98)131-135(121,122)133-102-95(117)93(115)82(103)76-123-102)124-77-85-94(116)97(129-89(113)72-79(108)66-60-54-48-42-35-29-23-17-11-4)91(101(128-85)132-134(7,119)120)104-86(110)71-78(107)65-59-53-47-41-34-28-22-16-10-3/h78-85,91-98,100-102,106-109,115-117H,8-77,103H2,1-7H3,(H,104,110)(H,105,111)(H,119,120)(H,121,122)/t78-,79-,80-,81-,82-,83+,84?,85?,91?,92?,93-,94?,95?,96?,97?,98?,100?,101?,102+/m0/s1. The van der Waals surface area contributed by atoms with Gasteiger partial charge in [0.2, 0.25) is 11.8 Å². The number of hydrogen-bond acceptors (Lipinski definition) is 27. The van der Waals surface area contributed by atoms with Gasteiger partial charge in [-0.25, -0.2) is 9.36 Å². The number of aliphatic hydroxyl groups is 7. The molecular formula is C102H193N3O28P2. The van der Waals surface area contributed by atoms with Crippen molar-refractivity contribution in [3.63, 3.8) is 0 Å². The largest absolute Gasteiger partial charge is 0.475 e. The van der Waals surface area contributed by atoms with Gasteiger partial charge in [0, 0.05) is 13.1 Å². The van der Waals surface area contributed by atoms with Gasteiger partial charge in [-0.3, -0.25) is 42.1 Å². The van der Waals surface area contributed by atoms with E-state index in [1.807, 2.05) is 0 Å². The summed E-state index contributed by atoms with van der Waals surface area (Å²) in [5, 5.41) is 85.9. The lowest BCUT2D eigenvalue weighted by Gasteiger charge is -2.47. The number of ether oxygens (including phenoxy) is 8. The van der Waals surface area contributed by atoms with Crippen LogP contribution in [-0.4, -0.2) is 224 Å². The van der Waals surface area contributed by atoms with Crippen LogP contribution in [0.5, 0.6) is 0 Å². The topological polar surface area (TPSA) is 470 Å².